The second kappa shape index (κ2) is 3.14. The van der Waals surface area contributed by atoms with Gasteiger partial charge in [-0.25, -0.2) is 0 Å². The predicted octanol–water partition coefficient (Wildman–Crippen LogP) is -1.78. The van der Waals surface area contributed by atoms with Gasteiger partial charge in [-0.2, -0.15) is 10.5 Å². The summed E-state index contributed by atoms with van der Waals surface area (Å²) in [6, 6.07) is 2.91. The highest BCUT2D eigenvalue weighted by Gasteiger charge is 2.58. The van der Waals surface area contributed by atoms with Crippen LogP contribution in [0.5, 0.6) is 0 Å². The zero-order valence-corrected chi connectivity index (χ0v) is 7.58. The van der Waals surface area contributed by atoms with Crippen molar-refractivity contribution in [2.24, 2.45) is 0 Å². The van der Waals surface area contributed by atoms with Crippen LogP contribution in [0.4, 0.5) is 0 Å². The number of hydrogen-bond donors (Lipinski definition) is 2. The van der Waals surface area contributed by atoms with Gasteiger partial charge in [-0.15, -0.1) is 0 Å². The van der Waals surface area contributed by atoms with Crippen LogP contribution in [0.25, 0.3) is 0 Å². The van der Waals surface area contributed by atoms with Crippen LogP contribution < -0.4 is 0 Å². The van der Waals surface area contributed by atoms with Gasteiger partial charge in [-0.3, -0.25) is 4.74 Å². The first-order chi connectivity index (χ1) is 7.04. The smallest absolute Gasteiger partial charge is 0.289 e. The van der Waals surface area contributed by atoms with Gasteiger partial charge in [0.1, 0.15) is 24.3 Å². The summed E-state index contributed by atoms with van der Waals surface area (Å²) >= 11 is 0. The highest BCUT2D eigenvalue weighted by molar-refractivity contribution is 5.10. The van der Waals surface area contributed by atoms with Crippen molar-refractivity contribution in [1.29, 1.82) is 10.5 Å². The van der Waals surface area contributed by atoms with Crippen LogP contribution in [0, 0.1) is 22.7 Å². The molecule has 0 aromatic rings. The van der Waals surface area contributed by atoms with Gasteiger partial charge in [0.2, 0.25) is 0 Å². The van der Waals surface area contributed by atoms with Crippen molar-refractivity contribution >= 4 is 0 Å². The maximum atomic E-state index is 9.63. The summed E-state index contributed by atoms with van der Waals surface area (Å²) < 4.78 is 14.1. The minimum atomic E-state index is -2.31. The predicted molar refractivity (Wildman–Crippen MR) is 41.7 cm³/mol. The lowest BCUT2D eigenvalue weighted by Gasteiger charge is -2.26. The number of nitriles is 2. The zero-order valence-electron chi connectivity index (χ0n) is 7.58. The van der Waals surface area contributed by atoms with Gasteiger partial charge in [-0.05, 0) is 0 Å². The Bertz CT molecular complexity index is 319. The van der Waals surface area contributed by atoms with Gasteiger partial charge in [0.15, 0.2) is 0 Å². The first kappa shape index (κ1) is 10.3. The minimum Gasteiger partial charge on any atom is -0.366 e. The lowest BCUT2D eigenvalue weighted by atomic mass is 10.2. The molecule has 2 N–H and O–H groups in total. The van der Waals surface area contributed by atoms with E-state index in [0.29, 0.717) is 0 Å². The normalized spacial score (nSPS) is 35.5. The maximum absolute atomic E-state index is 9.63. The molecule has 0 spiro atoms. The Morgan fingerprint density at radius 3 is 1.60 bits per heavy atom. The number of epoxide rings is 2. The van der Waals surface area contributed by atoms with Crippen molar-refractivity contribution in [3.05, 3.63) is 0 Å². The third-order valence-electron chi connectivity index (χ3n) is 2.17. The second-order valence-electron chi connectivity index (χ2n) is 3.36. The molecule has 7 nitrogen and oxygen atoms in total. The number of ether oxygens (including phenoxy) is 3. The van der Waals surface area contributed by atoms with Crippen LogP contribution >= 0.6 is 0 Å². The lowest BCUT2D eigenvalue weighted by molar-refractivity contribution is -0.296. The van der Waals surface area contributed by atoms with Gasteiger partial charge in [0.25, 0.3) is 11.6 Å². The van der Waals surface area contributed by atoms with E-state index in [1.165, 1.54) is 12.1 Å². The van der Waals surface area contributed by atoms with Crippen molar-refractivity contribution in [2.45, 2.75) is 23.8 Å². The molecule has 2 fully saturated rings. The van der Waals surface area contributed by atoms with Crippen LogP contribution in [-0.4, -0.2) is 47.2 Å². The molecule has 7 heteroatoms. The van der Waals surface area contributed by atoms with Crippen LogP contribution in [0.1, 0.15) is 0 Å². The maximum Gasteiger partial charge on any atom is 0.289 e. The zero-order chi connectivity index (χ0) is 11.1. The fourth-order valence-electron chi connectivity index (χ4n) is 1.11. The number of rotatable bonds is 4. The summed E-state index contributed by atoms with van der Waals surface area (Å²) in [5, 5.41) is 36.6. The van der Waals surface area contributed by atoms with E-state index in [0.717, 1.165) is 0 Å². The Balaban J connectivity index is 2.12. The molecule has 2 aliphatic heterocycles. The number of hydrogen-bond acceptors (Lipinski definition) is 7. The molecular formula is C8H8N2O5. The van der Waals surface area contributed by atoms with Gasteiger partial charge < -0.3 is 19.7 Å². The van der Waals surface area contributed by atoms with E-state index in [4.69, 9.17) is 24.7 Å². The average Bonchev–Trinajstić information content (AvgIpc) is 3.08. The van der Waals surface area contributed by atoms with Crippen LogP contribution in [0.2, 0.25) is 0 Å². The van der Waals surface area contributed by atoms with Gasteiger partial charge in [0, 0.05) is 0 Å². The molecule has 0 aromatic carbocycles. The SMILES string of the molecule is N#CC(O)(OC(O)(C#N)C1CO1)C1CO1. The fourth-order valence-corrected chi connectivity index (χ4v) is 1.11. The molecule has 4 atom stereocenters. The Morgan fingerprint density at radius 1 is 1.07 bits per heavy atom. The summed E-state index contributed by atoms with van der Waals surface area (Å²) in [7, 11) is 0. The quantitative estimate of drug-likeness (QED) is 0.321. The molecule has 0 radical (unpaired) electrons. The van der Waals surface area contributed by atoms with Crippen LogP contribution in [0.3, 0.4) is 0 Å². The summed E-state index contributed by atoms with van der Waals surface area (Å²) in [5.41, 5.74) is 0. The van der Waals surface area contributed by atoms with Crippen molar-refractivity contribution in [2.75, 3.05) is 13.2 Å². The molecule has 15 heavy (non-hydrogen) atoms. The van der Waals surface area contributed by atoms with E-state index in [1.54, 1.807) is 0 Å². The molecule has 2 saturated heterocycles. The summed E-state index contributed by atoms with van der Waals surface area (Å²) in [6.07, 6.45) is -1.66. The van der Waals surface area contributed by atoms with Crippen LogP contribution in [-0.2, 0) is 14.2 Å². The summed E-state index contributed by atoms with van der Waals surface area (Å²) in [6.45, 7) is 0.300. The van der Waals surface area contributed by atoms with E-state index < -0.39 is 23.8 Å². The van der Waals surface area contributed by atoms with Crippen molar-refractivity contribution in [3.63, 3.8) is 0 Å². The number of nitrogens with zero attached hydrogens (tertiary/aromatic N) is 2. The van der Waals surface area contributed by atoms with Crippen LogP contribution in [0.15, 0.2) is 0 Å². The Kier molecular flexibility index (Phi) is 2.15. The van der Waals surface area contributed by atoms with E-state index in [2.05, 4.69) is 0 Å². The standard InChI is InChI=1S/C8H8N2O5/c9-3-7(11,5-1-13-5)15-8(12,4-10)6-2-14-6/h5-6,11-12H,1-2H2. The molecule has 80 valence electrons. The molecule has 0 aliphatic carbocycles. The Hall–Kier alpha value is -1.22. The van der Waals surface area contributed by atoms with Crippen molar-refractivity contribution in [3.8, 4) is 12.1 Å². The van der Waals surface area contributed by atoms with Gasteiger partial charge in [-0.1, -0.05) is 0 Å². The molecular weight excluding hydrogens is 204 g/mol. The second-order valence-corrected chi connectivity index (χ2v) is 3.36. The van der Waals surface area contributed by atoms with E-state index in [1.807, 2.05) is 0 Å². The van der Waals surface area contributed by atoms with E-state index in [-0.39, 0.29) is 13.2 Å². The van der Waals surface area contributed by atoms with Gasteiger partial charge >= 0.3 is 0 Å². The summed E-state index contributed by atoms with van der Waals surface area (Å²) in [4.78, 5) is 0. The molecule has 2 aliphatic rings. The van der Waals surface area contributed by atoms with Gasteiger partial charge in [0.05, 0.1) is 13.2 Å². The lowest BCUT2D eigenvalue weighted by Crippen LogP contribution is -2.49. The van der Waals surface area contributed by atoms with Crippen molar-refractivity contribution in [1.82, 2.24) is 0 Å². The molecule has 2 heterocycles. The molecule has 0 bridgehead atoms. The molecule has 0 amide bonds. The van der Waals surface area contributed by atoms with Crippen molar-refractivity contribution < 1.29 is 24.4 Å². The Morgan fingerprint density at radius 2 is 1.40 bits per heavy atom. The highest BCUT2D eigenvalue weighted by Crippen LogP contribution is 2.34. The third kappa shape index (κ3) is 1.79. The molecule has 2 rings (SSSR count). The minimum absolute atomic E-state index is 0.150. The molecule has 0 aromatic heterocycles. The molecule has 4 unspecified atom stereocenters. The van der Waals surface area contributed by atoms with E-state index >= 15 is 0 Å². The monoisotopic (exact) mass is 212 g/mol. The topological polar surface area (TPSA) is 122 Å². The third-order valence-corrected chi connectivity index (χ3v) is 2.17. The Labute approximate surface area is 85.0 Å². The fraction of sp³-hybridized carbons (Fsp3) is 0.750. The van der Waals surface area contributed by atoms with E-state index in [9.17, 15) is 10.2 Å². The first-order valence-corrected chi connectivity index (χ1v) is 4.25. The largest absolute Gasteiger partial charge is 0.366 e. The first-order valence-electron chi connectivity index (χ1n) is 4.25. The highest BCUT2D eigenvalue weighted by atomic mass is 16.8. The molecule has 0 saturated carbocycles. The average molecular weight is 212 g/mol. The number of aliphatic hydroxyl groups is 2. The summed E-state index contributed by atoms with van der Waals surface area (Å²) in [5.74, 6) is -4.62.